The van der Waals surface area contributed by atoms with Crippen LogP contribution in [0, 0.1) is 28.4 Å². The molecule has 0 amide bonds. The maximum Gasteiger partial charge on any atom is 0.269 e. The van der Waals surface area contributed by atoms with Crippen LogP contribution in [0.5, 0.6) is 0 Å². The van der Waals surface area contributed by atoms with Gasteiger partial charge in [0.05, 0.1) is 22.1 Å². The number of aromatic nitrogens is 1. The van der Waals surface area contributed by atoms with Crippen LogP contribution in [0.4, 0.5) is 11.5 Å². The molecule has 0 aliphatic rings. The summed E-state index contributed by atoms with van der Waals surface area (Å²) in [5.41, 5.74) is 3.87. The van der Waals surface area contributed by atoms with Crippen molar-refractivity contribution in [3.05, 3.63) is 75.3 Å². The lowest BCUT2D eigenvalue weighted by Crippen LogP contribution is -2.12. The number of aryl methyl sites for hydroxylation is 1. The second kappa shape index (κ2) is 7.26. The molecule has 0 fully saturated rings. The lowest BCUT2D eigenvalue weighted by atomic mass is 10.0. The largest absolute Gasteiger partial charge is 0.362 e. The highest BCUT2D eigenvalue weighted by molar-refractivity contribution is 5.94. The highest BCUT2D eigenvalue weighted by Crippen LogP contribution is 2.28. The van der Waals surface area contributed by atoms with E-state index in [1.165, 1.54) is 12.1 Å². The number of allylic oxidation sites excluding steroid dienone is 1. The van der Waals surface area contributed by atoms with E-state index in [-0.39, 0.29) is 5.69 Å². The number of nitro benzene ring substituents is 1. The first-order chi connectivity index (χ1) is 12.9. The van der Waals surface area contributed by atoms with E-state index in [1.807, 2.05) is 50.2 Å². The SMILES string of the molecule is Cc1ccc2cc(/C=C(\C#N)c3ccc([N+](=O)[O-])cc3)c(N(C)C)nc2c1. The molecule has 3 aromatic rings. The summed E-state index contributed by atoms with van der Waals surface area (Å²) >= 11 is 0. The first-order valence-electron chi connectivity index (χ1n) is 8.34. The Morgan fingerprint density at radius 3 is 2.48 bits per heavy atom. The molecule has 0 aliphatic carbocycles. The van der Waals surface area contributed by atoms with Gasteiger partial charge in [-0.05, 0) is 48.4 Å². The van der Waals surface area contributed by atoms with Crippen LogP contribution in [0.25, 0.3) is 22.6 Å². The van der Waals surface area contributed by atoms with Crippen molar-refractivity contribution in [3.63, 3.8) is 0 Å². The van der Waals surface area contributed by atoms with Crippen LogP contribution in [-0.2, 0) is 0 Å². The zero-order valence-electron chi connectivity index (χ0n) is 15.3. The summed E-state index contributed by atoms with van der Waals surface area (Å²) in [7, 11) is 3.80. The fourth-order valence-corrected chi connectivity index (χ4v) is 2.85. The summed E-state index contributed by atoms with van der Waals surface area (Å²) in [6, 6.07) is 16.2. The van der Waals surface area contributed by atoms with Gasteiger partial charge in [-0.15, -0.1) is 0 Å². The molecule has 0 N–H and O–H groups in total. The van der Waals surface area contributed by atoms with E-state index in [2.05, 4.69) is 6.07 Å². The Balaban J connectivity index is 2.14. The Bertz CT molecular complexity index is 1090. The van der Waals surface area contributed by atoms with Gasteiger partial charge >= 0.3 is 0 Å². The Morgan fingerprint density at radius 1 is 1.19 bits per heavy atom. The van der Waals surface area contributed by atoms with Crippen LogP contribution in [0.1, 0.15) is 16.7 Å². The topological polar surface area (TPSA) is 83.1 Å². The van der Waals surface area contributed by atoms with E-state index in [0.717, 1.165) is 27.8 Å². The molecule has 0 saturated heterocycles. The predicted octanol–water partition coefficient (Wildman–Crippen LogP) is 4.58. The third-order valence-electron chi connectivity index (χ3n) is 4.21. The van der Waals surface area contributed by atoms with Crippen LogP contribution < -0.4 is 4.90 Å². The number of nitrogens with zero attached hydrogens (tertiary/aromatic N) is 4. The number of rotatable bonds is 4. The van der Waals surface area contributed by atoms with Crippen LogP contribution in [0.3, 0.4) is 0 Å². The van der Waals surface area contributed by atoms with Gasteiger partial charge in [0, 0.05) is 37.2 Å². The van der Waals surface area contributed by atoms with Gasteiger partial charge in [0.15, 0.2) is 0 Å². The smallest absolute Gasteiger partial charge is 0.269 e. The first kappa shape index (κ1) is 18.1. The van der Waals surface area contributed by atoms with E-state index in [1.54, 1.807) is 18.2 Å². The highest BCUT2D eigenvalue weighted by Gasteiger charge is 2.11. The number of hydrogen-bond acceptors (Lipinski definition) is 5. The van der Waals surface area contributed by atoms with Crippen molar-refractivity contribution in [2.75, 3.05) is 19.0 Å². The standard InChI is InChI=1S/C21H18N4O2/c1-14-4-5-16-11-17(21(24(2)3)23-20(16)10-14)12-18(13-22)15-6-8-19(9-7-15)25(26)27/h4-12H,1-3H3/b18-12+. The zero-order valence-corrected chi connectivity index (χ0v) is 15.3. The average molecular weight is 358 g/mol. The van der Waals surface area contributed by atoms with Crippen molar-refractivity contribution in [1.82, 2.24) is 4.98 Å². The summed E-state index contributed by atoms with van der Waals surface area (Å²) in [5, 5.41) is 21.4. The van der Waals surface area contributed by atoms with E-state index in [0.29, 0.717) is 11.1 Å². The number of anilines is 1. The number of benzene rings is 2. The number of non-ortho nitro benzene ring substituents is 1. The van der Waals surface area contributed by atoms with Crippen molar-refractivity contribution in [1.29, 1.82) is 5.26 Å². The van der Waals surface area contributed by atoms with Crippen molar-refractivity contribution in [2.24, 2.45) is 0 Å². The number of pyridine rings is 1. The molecular formula is C21H18N4O2. The van der Waals surface area contributed by atoms with Gasteiger partial charge in [0.1, 0.15) is 5.82 Å². The minimum Gasteiger partial charge on any atom is -0.362 e. The van der Waals surface area contributed by atoms with E-state index in [9.17, 15) is 15.4 Å². The van der Waals surface area contributed by atoms with Crippen LogP contribution in [0.15, 0.2) is 48.5 Å². The molecule has 0 spiro atoms. The summed E-state index contributed by atoms with van der Waals surface area (Å²) in [6.07, 6.45) is 1.77. The fraction of sp³-hybridized carbons (Fsp3) is 0.143. The maximum atomic E-state index is 10.8. The molecule has 2 aromatic carbocycles. The third kappa shape index (κ3) is 3.77. The van der Waals surface area contributed by atoms with E-state index >= 15 is 0 Å². The van der Waals surface area contributed by atoms with Gasteiger partial charge in [-0.1, -0.05) is 12.1 Å². The second-order valence-corrected chi connectivity index (χ2v) is 6.47. The summed E-state index contributed by atoms with van der Waals surface area (Å²) in [6.45, 7) is 2.02. The fourth-order valence-electron chi connectivity index (χ4n) is 2.85. The number of nitriles is 1. The minimum absolute atomic E-state index is 0.00670. The molecule has 1 heterocycles. The van der Waals surface area contributed by atoms with Gasteiger partial charge in [-0.25, -0.2) is 4.98 Å². The van der Waals surface area contributed by atoms with Crippen LogP contribution in [0.2, 0.25) is 0 Å². The molecule has 0 unspecified atom stereocenters. The Labute approximate surface area is 157 Å². The molecule has 1 aromatic heterocycles. The maximum absolute atomic E-state index is 10.8. The number of hydrogen-bond donors (Lipinski definition) is 0. The Morgan fingerprint density at radius 2 is 1.89 bits per heavy atom. The lowest BCUT2D eigenvalue weighted by molar-refractivity contribution is -0.384. The summed E-state index contributed by atoms with van der Waals surface area (Å²) in [4.78, 5) is 17.0. The predicted molar refractivity (Wildman–Crippen MR) is 107 cm³/mol. The Hall–Kier alpha value is -3.72. The molecule has 134 valence electrons. The molecular weight excluding hydrogens is 340 g/mol. The molecule has 0 saturated carbocycles. The first-order valence-corrected chi connectivity index (χ1v) is 8.34. The molecule has 3 rings (SSSR count). The van der Waals surface area contributed by atoms with Crippen molar-refractivity contribution in [3.8, 4) is 6.07 Å². The van der Waals surface area contributed by atoms with Gasteiger partial charge in [-0.3, -0.25) is 10.1 Å². The quantitative estimate of drug-likeness (QED) is 0.387. The number of nitro groups is 1. The van der Waals surface area contributed by atoms with E-state index in [4.69, 9.17) is 4.98 Å². The molecule has 0 bridgehead atoms. The molecule has 0 radical (unpaired) electrons. The van der Waals surface area contributed by atoms with Gasteiger partial charge in [-0.2, -0.15) is 5.26 Å². The molecule has 0 atom stereocenters. The zero-order chi connectivity index (χ0) is 19.6. The molecule has 6 nitrogen and oxygen atoms in total. The van der Waals surface area contributed by atoms with Crippen molar-refractivity contribution >= 4 is 34.1 Å². The summed E-state index contributed by atoms with van der Waals surface area (Å²) < 4.78 is 0. The van der Waals surface area contributed by atoms with Crippen LogP contribution >= 0.6 is 0 Å². The van der Waals surface area contributed by atoms with E-state index < -0.39 is 4.92 Å². The second-order valence-electron chi connectivity index (χ2n) is 6.47. The molecule has 0 aliphatic heterocycles. The van der Waals surface area contributed by atoms with Gasteiger partial charge in [0.25, 0.3) is 5.69 Å². The summed E-state index contributed by atoms with van der Waals surface area (Å²) in [5.74, 6) is 0.753. The average Bonchev–Trinajstić information content (AvgIpc) is 2.65. The highest BCUT2D eigenvalue weighted by atomic mass is 16.6. The molecule has 27 heavy (non-hydrogen) atoms. The van der Waals surface area contributed by atoms with Gasteiger partial charge in [0.2, 0.25) is 0 Å². The Kier molecular flexibility index (Phi) is 4.86. The minimum atomic E-state index is -0.459. The van der Waals surface area contributed by atoms with Gasteiger partial charge < -0.3 is 4.90 Å². The van der Waals surface area contributed by atoms with Crippen molar-refractivity contribution < 1.29 is 4.92 Å². The monoisotopic (exact) mass is 358 g/mol. The van der Waals surface area contributed by atoms with Crippen LogP contribution in [-0.4, -0.2) is 24.0 Å². The normalized spacial score (nSPS) is 11.3. The third-order valence-corrected chi connectivity index (χ3v) is 4.21. The molecule has 6 heteroatoms. The van der Waals surface area contributed by atoms with Crippen molar-refractivity contribution in [2.45, 2.75) is 6.92 Å². The lowest BCUT2D eigenvalue weighted by Gasteiger charge is -2.16. The number of fused-ring (bicyclic) bond motifs is 1.